The number of ether oxygens (including phenoxy) is 1. The Morgan fingerprint density at radius 3 is 2.42 bits per heavy atom. The molecule has 2 rings (SSSR count). The first kappa shape index (κ1) is 29.0. The molecule has 0 aliphatic heterocycles. The lowest BCUT2D eigenvalue weighted by Crippen LogP contribution is -2.52. The molecule has 0 spiro atoms. The van der Waals surface area contributed by atoms with Crippen molar-refractivity contribution < 1.29 is 27.5 Å². The van der Waals surface area contributed by atoms with Crippen molar-refractivity contribution in [1.82, 2.24) is 20.7 Å². The highest BCUT2D eigenvalue weighted by Crippen LogP contribution is 2.12. The van der Waals surface area contributed by atoms with Crippen LogP contribution in [0.2, 0.25) is 0 Å². The minimum atomic E-state index is -3.57. The van der Waals surface area contributed by atoms with Gasteiger partial charge in [0.05, 0.1) is 19.9 Å². The van der Waals surface area contributed by atoms with Gasteiger partial charge in [-0.1, -0.05) is 42.5 Å². The maximum Gasteiger partial charge on any atom is 0.243 e. The molecule has 10 nitrogen and oxygen atoms in total. The van der Waals surface area contributed by atoms with E-state index in [4.69, 9.17) is 4.74 Å². The molecule has 2 aromatic carbocycles. The second-order valence-electron chi connectivity index (χ2n) is 8.33. The van der Waals surface area contributed by atoms with Gasteiger partial charge in [-0.25, -0.2) is 13.1 Å². The van der Waals surface area contributed by atoms with E-state index in [0.717, 1.165) is 23.1 Å². The summed E-state index contributed by atoms with van der Waals surface area (Å²) in [4.78, 5) is 36.2. The molecule has 2 amide bonds. The zero-order chi connectivity index (χ0) is 26.4. The lowest BCUT2D eigenvalue weighted by Gasteiger charge is -2.23. The van der Waals surface area contributed by atoms with Crippen molar-refractivity contribution in [1.29, 1.82) is 0 Å². The van der Waals surface area contributed by atoms with E-state index in [1.54, 1.807) is 7.11 Å². The van der Waals surface area contributed by atoms with Crippen LogP contribution in [0.4, 0.5) is 0 Å². The average molecular weight is 519 g/mol. The van der Waals surface area contributed by atoms with E-state index in [0.29, 0.717) is 32.2 Å². The monoisotopic (exact) mass is 518 g/mol. The van der Waals surface area contributed by atoms with Crippen molar-refractivity contribution in [3.8, 4) is 5.75 Å². The maximum absolute atomic E-state index is 12.9. The first-order valence-corrected chi connectivity index (χ1v) is 13.4. The zero-order valence-corrected chi connectivity index (χ0v) is 21.3. The Kier molecular flexibility index (Phi) is 12.0. The number of aldehydes is 1. The lowest BCUT2D eigenvalue weighted by atomic mass is 10.0. The fourth-order valence-corrected chi connectivity index (χ4v) is 3.88. The van der Waals surface area contributed by atoms with Gasteiger partial charge in [0, 0.05) is 19.0 Å². The predicted molar refractivity (Wildman–Crippen MR) is 137 cm³/mol. The molecular weight excluding hydrogens is 484 g/mol. The SMILES string of the molecule is COc1cccc(CNCC[C@H](Cc2ccccc2)NC(=O)C(CC=O)NC(=O)CNS(C)(=O)=O)c1. The van der Waals surface area contributed by atoms with E-state index < -0.39 is 34.4 Å². The number of amides is 2. The fraction of sp³-hybridized carbons (Fsp3) is 0.400. The third-order valence-corrected chi connectivity index (χ3v) is 5.95. The largest absolute Gasteiger partial charge is 0.497 e. The average Bonchev–Trinajstić information content (AvgIpc) is 2.85. The quantitative estimate of drug-likeness (QED) is 0.187. The van der Waals surface area contributed by atoms with Gasteiger partial charge >= 0.3 is 0 Å². The Labute approximate surface area is 212 Å². The zero-order valence-electron chi connectivity index (χ0n) is 20.5. The van der Waals surface area contributed by atoms with Gasteiger partial charge in [-0.3, -0.25) is 9.59 Å². The summed E-state index contributed by atoms with van der Waals surface area (Å²) < 4.78 is 29.7. The molecule has 0 aliphatic carbocycles. The molecule has 1 unspecified atom stereocenters. The number of rotatable bonds is 16. The topological polar surface area (TPSA) is 143 Å². The maximum atomic E-state index is 12.9. The highest BCUT2D eigenvalue weighted by Gasteiger charge is 2.23. The lowest BCUT2D eigenvalue weighted by molar-refractivity contribution is -0.130. The van der Waals surface area contributed by atoms with Crippen molar-refractivity contribution in [3.05, 3.63) is 65.7 Å². The van der Waals surface area contributed by atoms with E-state index in [1.165, 1.54) is 0 Å². The summed E-state index contributed by atoms with van der Waals surface area (Å²) in [5, 5.41) is 8.72. The van der Waals surface area contributed by atoms with Gasteiger partial charge < -0.3 is 25.5 Å². The van der Waals surface area contributed by atoms with Crippen molar-refractivity contribution in [2.75, 3.05) is 26.5 Å². The number of benzene rings is 2. The van der Waals surface area contributed by atoms with Crippen LogP contribution < -0.4 is 25.4 Å². The highest BCUT2D eigenvalue weighted by molar-refractivity contribution is 7.88. The molecule has 0 saturated carbocycles. The number of sulfonamides is 1. The second kappa shape index (κ2) is 15.0. The van der Waals surface area contributed by atoms with Crippen LogP contribution in [0.15, 0.2) is 54.6 Å². The Morgan fingerprint density at radius 1 is 1.03 bits per heavy atom. The smallest absolute Gasteiger partial charge is 0.243 e. The van der Waals surface area contributed by atoms with Crippen molar-refractivity contribution >= 4 is 28.1 Å². The van der Waals surface area contributed by atoms with E-state index in [9.17, 15) is 22.8 Å². The third kappa shape index (κ3) is 11.4. The second-order valence-corrected chi connectivity index (χ2v) is 10.2. The standard InChI is InChI=1S/C25H34N4O6S/c1-35-22-10-6-9-20(16-22)17-26-13-11-21(15-19-7-4-3-5-8-19)28-25(32)23(12-14-30)29-24(31)18-27-36(2,33)34/h3-10,14,16,21,23,26-27H,11-13,15,17-18H2,1-2H3,(H,28,32)(H,29,31)/t21-,23?/m1/s1. The summed E-state index contributed by atoms with van der Waals surface area (Å²) >= 11 is 0. The van der Waals surface area contributed by atoms with Gasteiger partial charge in [-0.15, -0.1) is 0 Å². The minimum Gasteiger partial charge on any atom is -0.497 e. The highest BCUT2D eigenvalue weighted by atomic mass is 32.2. The molecule has 0 radical (unpaired) electrons. The fourth-order valence-electron chi connectivity index (χ4n) is 3.49. The molecule has 0 saturated heterocycles. The summed E-state index contributed by atoms with van der Waals surface area (Å²) in [6, 6.07) is 16.0. The molecule has 4 N–H and O–H groups in total. The number of nitrogens with one attached hydrogen (secondary N) is 4. The van der Waals surface area contributed by atoms with E-state index in [1.807, 2.05) is 54.6 Å². The van der Waals surface area contributed by atoms with Gasteiger partial charge in [0.25, 0.3) is 0 Å². The predicted octanol–water partition coefficient (Wildman–Crippen LogP) is 0.525. The van der Waals surface area contributed by atoms with Crippen LogP contribution in [0, 0.1) is 0 Å². The van der Waals surface area contributed by atoms with Gasteiger partial charge in [0.2, 0.25) is 21.8 Å². The molecule has 36 heavy (non-hydrogen) atoms. The molecular formula is C25H34N4O6S. The van der Waals surface area contributed by atoms with Crippen molar-refractivity contribution in [2.45, 2.75) is 37.9 Å². The molecule has 196 valence electrons. The van der Waals surface area contributed by atoms with Gasteiger partial charge in [-0.2, -0.15) is 0 Å². The molecule has 0 fully saturated rings. The first-order valence-electron chi connectivity index (χ1n) is 11.6. The van der Waals surface area contributed by atoms with E-state index in [-0.39, 0.29) is 12.5 Å². The first-order chi connectivity index (χ1) is 17.2. The van der Waals surface area contributed by atoms with Crippen molar-refractivity contribution in [2.24, 2.45) is 0 Å². The van der Waals surface area contributed by atoms with Crippen molar-refractivity contribution in [3.63, 3.8) is 0 Å². The number of methoxy groups -OCH3 is 1. The number of carbonyl (C=O) groups is 3. The molecule has 0 aromatic heterocycles. The molecule has 0 aliphatic rings. The summed E-state index contributed by atoms with van der Waals surface area (Å²) in [6.07, 6.45) is 2.39. The summed E-state index contributed by atoms with van der Waals surface area (Å²) in [6.45, 7) is 0.710. The van der Waals surface area contributed by atoms with Gasteiger partial charge in [0.15, 0.2) is 0 Å². The Bertz CT molecular complexity index is 1090. The minimum absolute atomic E-state index is 0.234. The summed E-state index contributed by atoms with van der Waals surface area (Å²) in [5.74, 6) is -0.441. The van der Waals surface area contributed by atoms with Crippen LogP contribution in [0.25, 0.3) is 0 Å². The van der Waals surface area contributed by atoms with Crippen LogP contribution in [-0.4, -0.2) is 65.1 Å². The molecule has 0 bridgehead atoms. The summed E-state index contributed by atoms with van der Waals surface area (Å²) in [5.41, 5.74) is 2.10. The van der Waals surface area contributed by atoms with E-state index in [2.05, 4.69) is 20.7 Å². The van der Waals surface area contributed by atoms with Crippen LogP contribution in [-0.2, 0) is 37.4 Å². The molecule has 2 atom stereocenters. The Balaban J connectivity index is 1.98. The number of hydrogen-bond donors (Lipinski definition) is 4. The summed E-state index contributed by atoms with van der Waals surface area (Å²) in [7, 11) is -1.96. The molecule has 11 heteroatoms. The van der Waals surface area contributed by atoms with Gasteiger partial charge in [-0.05, 0) is 42.6 Å². The van der Waals surface area contributed by atoms with E-state index >= 15 is 0 Å². The third-order valence-electron chi connectivity index (χ3n) is 5.28. The number of carbonyl (C=O) groups excluding carboxylic acids is 3. The molecule has 0 heterocycles. The van der Waals surface area contributed by atoms with Crippen LogP contribution in [0.3, 0.4) is 0 Å². The number of hydrogen-bond acceptors (Lipinski definition) is 7. The van der Waals surface area contributed by atoms with Gasteiger partial charge in [0.1, 0.15) is 18.1 Å². The van der Waals surface area contributed by atoms with Crippen LogP contribution in [0.5, 0.6) is 5.75 Å². The van der Waals surface area contributed by atoms with Crippen LogP contribution in [0.1, 0.15) is 24.0 Å². The Morgan fingerprint density at radius 2 is 1.75 bits per heavy atom. The Hall–Kier alpha value is -3.28. The van der Waals surface area contributed by atoms with Crippen LogP contribution >= 0.6 is 0 Å². The molecule has 2 aromatic rings. The normalized spacial score (nSPS) is 12.8.